The van der Waals surface area contributed by atoms with Gasteiger partial charge in [0.1, 0.15) is 12.1 Å². The number of rotatable bonds is 6. The van der Waals surface area contributed by atoms with Crippen LogP contribution in [0.15, 0.2) is 0 Å². The zero-order valence-electron chi connectivity index (χ0n) is 14.0. The molecule has 21 heavy (non-hydrogen) atoms. The molecule has 0 saturated carbocycles. The molecule has 2 aliphatic rings. The van der Waals surface area contributed by atoms with E-state index in [4.69, 9.17) is 0 Å². The van der Waals surface area contributed by atoms with Gasteiger partial charge < -0.3 is 9.80 Å². The van der Waals surface area contributed by atoms with Gasteiger partial charge in [-0.1, -0.05) is 40.5 Å². The van der Waals surface area contributed by atoms with Crippen molar-refractivity contribution >= 4 is 11.8 Å². The molecule has 0 N–H and O–H groups in total. The van der Waals surface area contributed by atoms with Gasteiger partial charge in [-0.05, 0) is 31.1 Å². The van der Waals surface area contributed by atoms with Crippen LogP contribution < -0.4 is 0 Å². The number of carbonyl (C=O) groups excluding carboxylic acids is 2. The summed E-state index contributed by atoms with van der Waals surface area (Å²) in [5.41, 5.74) is 0. The normalized spacial score (nSPS) is 26.2. The molecule has 2 fully saturated rings. The molecule has 4 heteroatoms. The monoisotopic (exact) mass is 294 g/mol. The first-order valence-corrected chi connectivity index (χ1v) is 8.54. The van der Waals surface area contributed by atoms with Gasteiger partial charge in [0.2, 0.25) is 11.8 Å². The maximum Gasteiger partial charge on any atom is 0.246 e. The first kappa shape index (κ1) is 16.3. The van der Waals surface area contributed by atoms with Crippen LogP contribution in [0.1, 0.15) is 59.8 Å². The Balaban J connectivity index is 2.04. The van der Waals surface area contributed by atoms with Crippen molar-refractivity contribution in [1.29, 1.82) is 0 Å². The third kappa shape index (κ3) is 3.41. The van der Waals surface area contributed by atoms with Crippen molar-refractivity contribution < 1.29 is 9.59 Å². The second-order valence-electron chi connectivity index (χ2n) is 7.30. The molecule has 2 saturated heterocycles. The number of hydrogen-bond acceptors (Lipinski definition) is 2. The highest BCUT2D eigenvalue weighted by molar-refractivity contribution is 5.97. The summed E-state index contributed by atoms with van der Waals surface area (Å²) in [7, 11) is 0. The molecule has 0 aromatic rings. The van der Waals surface area contributed by atoms with Crippen molar-refractivity contribution in [3.05, 3.63) is 0 Å². The van der Waals surface area contributed by atoms with Crippen LogP contribution in [-0.4, -0.2) is 46.8 Å². The van der Waals surface area contributed by atoms with E-state index in [1.807, 2.05) is 23.6 Å². The van der Waals surface area contributed by atoms with Gasteiger partial charge in [-0.15, -0.1) is 0 Å². The predicted molar refractivity (Wildman–Crippen MR) is 83.8 cm³/mol. The molecule has 2 rings (SSSR count). The van der Waals surface area contributed by atoms with E-state index in [1.165, 1.54) is 6.42 Å². The Morgan fingerprint density at radius 1 is 1.10 bits per heavy atom. The molecule has 0 aliphatic carbocycles. The first-order valence-electron chi connectivity index (χ1n) is 8.54. The van der Waals surface area contributed by atoms with Gasteiger partial charge in [0.15, 0.2) is 0 Å². The SMILES string of the molecule is CC(C)CCCCN1C(=O)C2CCCN2C(=O)C1C(C)C. The van der Waals surface area contributed by atoms with E-state index in [-0.39, 0.29) is 29.8 Å². The summed E-state index contributed by atoms with van der Waals surface area (Å²) in [5.74, 6) is 1.26. The van der Waals surface area contributed by atoms with E-state index in [2.05, 4.69) is 13.8 Å². The highest BCUT2D eigenvalue weighted by Crippen LogP contribution is 2.30. The highest BCUT2D eigenvalue weighted by atomic mass is 16.2. The summed E-state index contributed by atoms with van der Waals surface area (Å²) in [6, 6.07) is -0.413. The van der Waals surface area contributed by atoms with Crippen LogP contribution in [0.25, 0.3) is 0 Å². The molecule has 2 heterocycles. The van der Waals surface area contributed by atoms with Gasteiger partial charge in [-0.25, -0.2) is 0 Å². The van der Waals surface area contributed by atoms with E-state index < -0.39 is 0 Å². The van der Waals surface area contributed by atoms with Crippen molar-refractivity contribution in [1.82, 2.24) is 9.80 Å². The van der Waals surface area contributed by atoms with Crippen molar-refractivity contribution in [2.75, 3.05) is 13.1 Å². The van der Waals surface area contributed by atoms with Crippen LogP contribution in [0.2, 0.25) is 0 Å². The Labute approximate surface area is 128 Å². The van der Waals surface area contributed by atoms with Crippen LogP contribution in [0.4, 0.5) is 0 Å². The number of unbranched alkanes of at least 4 members (excludes halogenated alkanes) is 1. The van der Waals surface area contributed by atoms with Gasteiger partial charge in [0, 0.05) is 13.1 Å². The predicted octanol–water partition coefficient (Wildman–Crippen LogP) is 2.67. The van der Waals surface area contributed by atoms with Gasteiger partial charge in [0.05, 0.1) is 0 Å². The standard InChI is InChI=1S/C17H30N2O2/c1-12(2)8-5-6-10-19-15(13(3)4)17(21)18-11-7-9-14(18)16(19)20/h12-15H,5-11H2,1-4H3. The summed E-state index contributed by atoms with van der Waals surface area (Å²) in [6.45, 7) is 10.1. The van der Waals surface area contributed by atoms with Crippen LogP contribution in [0.5, 0.6) is 0 Å². The highest BCUT2D eigenvalue weighted by Gasteiger charge is 2.48. The molecule has 2 unspecified atom stereocenters. The van der Waals surface area contributed by atoms with E-state index in [1.54, 1.807) is 0 Å². The fourth-order valence-electron chi connectivity index (χ4n) is 3.65. The van der Waals surface area contributed by atoms with Gasteiger partial charge in [0.25, 0.3) is 0 Å². The fourth-order valence-corrected chi connectivity index (χ4v) is 3.65. The molecule has 4 nitrogen and oxygen atoms in total. The maximum absolute atomic E-state index is 12.7. The third-order valence-corrected chi connectivity index (χ3v) is 4.75. The minimum Gasteiger partial charge on any atom is -0.329 e. The average molecular weight is 294 g/mol. The van der Waals surface area contributed by atoms with Gasteiger partial charge >= 0.3 is 0 Å². The van der Waals surface area contributed by atoms with Crippen molar-refractivity contribution in [2.24, 2.45) is 11.8 Å². The molecular formula is C17H30N2O2. The second-order valence-corrected chi connectivity index (χ2v) is 7.30. The Morgan fingerprint density at radius 3 is 2.43 bits per heavy atom. The van der Waals surface area contributed by atoms with Gasteiger partial charge in [-0.2, -0.15) is 0 Å². The Bertz CT molecular complexity index is 392. The van der Waals surface area contributed by atoms with Crippen LogP contribution in [0, 0.1) is 11.8 Å². The summed E-state index contributed by atoms with van der Waals surface area (Å²) >= 11 is 0. The first-order chi connectivity index (χ1) is 9.93. The lowest BCUT2D eigenvalue weighted by molar-refractivity contribution is -0.161. The second kappa shape index (κ2) is 6.80. The smallest absolute Gasteiger partial charge is 0.246 e. The number of carbonyl (C=O) groups is 2. The quantitative estimate of drug-likeness (QED) is 0.707. The summed E-state index contributed by atoms with van der Waals surface area (Å²) < 4.78 is 0. The molecule has 2 atom stereocenters. The van der Waals surface area contributed by atoms with Crippen LogP contribution >= 0.6 is 0 Å². The molecule has 2 amide bonds. The van der Waals surface area contributed by atoms with E-state index >= 15 is 0 Å². The Hall–Kier alpha value is -1.06. The maximum atomic E-state index is 12.7. The summed E-state index contributed by atoms with van der Waals surface area (Å²) in [4.78, 5) is 29.1. The number of nitrogens with zero attached hydrogens (tertiary/aromatic N) is 2. The molecule has 0 aromatic heterocycles. The van der Waals surface area contributed by atoms with Crippen LogP contribution in [0.3, 0.4) is 0 Å². The number of amides is 2. The fraction of sp³-hybridized carbons (Fsp3) is 0.882. The molecule has 120 valence electrons. The molecule has 0 aromatic carbocycles. The lowest BCUT2D eigenvalue weighted by Gasteiger charge is -2.44. The minimum absolute atomic E-state index is 0.169. The van der Waals surface area contributed by atoms with E-state index in [0.717, 1.165) is 38.8 Å². The van der Waals surface area contributed by atoms with Crippen molar-refractivity contribution in [3.63, 3.8) is 0 Å². The zero-order valence-corrected chi connectivity index (χ0v) is 14.0. The summed E-state index contributed by atoms with van der Waals surface area (Å²) in [6.07, 6.45) is 5.14. The molecule has 0 spiro atoms. The molecule has 0 bridgehead atoms. The third-order valence-electron chi connectivity index (χ3n) is 4.75. The van der Waals surface area contributed by atoms with E-state index in [9.17, 15) is 9.59 Å². The lowest BCUT2D eigenvalue weighted by atomic mass is 9.95. The van der Waals surface area contributed by atoms with Crippen molar-refractivity contribution in [3.8, 4) is 0 Å². The number of fused-ring (bicyclic) bond motifs is 1. The Morgan fingerprint density at radius 2 is 1.81 bits per heavy atom. The number of piperazine rings is 1. The number of hydrogen-bond donors (Lipinski definition) is 0. The average Bonchev–Trinajstić information content (AvgIpc) is 2.89. The largest absolute Gasteiger partial charge is 0.329 e. The molecule has 0 radical (unpaired) electrons. The molecule has 2 aliphatic heterocycles. The summed E-state index contributed by atoms with van der Waals surface area (Å²) in [5, 5.41) is 0. The zero-order chi connectivity index (χ0) is 15.6. The van der Waals surface area contributed by atoms with Gasteiger partial charge in [-0.3, -0.25) is 9.59 Å². The van der Waals surface area contributed by atoms with Crippen molar-refractivity contribution in [2.45, 2.75) is 71.9 Å². The topological polar surface area (TPSA) is 40.6 Å². The van der Waals surface area contributed by atoms with E-state index in [0.29, 0.717) is 5.92 Å². The lowest BCUT2D eigenvalue weighted by Crippen LogP contribution is -2.64. The van der Waals surface area contributed by atoms with Crippen LogP contribution in [-0.2, 0) is 9.59 Å². The minimum atomic E-state index is -0.245. The molecular weight excluding hydrogens is 264 g/mol. The Kier molecular flexibility index (Phi) is 5.28.